The number of Topliss-reactive ketones (excluding diaryl/α,β-unsaturated/α-hetero) is 1. The Bertz CT molecular complexity index is 1090. The highest BCUT2D eigenvalue weighted by Gasteiger charge is 2.51. The predicted molar refractivity (Wildman–Crippen MR) is 180 cm³/mol. The van der Waals surface area contributed by atoms with Gasteiger partial charge in [-0.1, -0.05) is 34.6 Å². The molecule has 0 amide bonds. The van der Waals surface area contributed by atoms with Crippen LogP contribution in [-0.4, -0.2) is 137 Å². The van der Waals surface area contributed by atoms with Crippen molar-refractivity contribution in [3.63, 3.8) is 0 Å². The first-order valence-corrected chi connectivity index (χ1v) is 18.0. The van der Waals surface area contributed by atoms with Crippen molar-refractivity contribution in [3.05, 3.63) is 0 Å². The quantitative estimate of drug-likeness (QED) is 0.285. The summed E-state index contributed by atoms with van der Waals surface area (Å²) < 4.78 is 36.9. The maximum absolute atomic E-state index is 13.7. The zero-order valence-electron chi connectivity index (χ0n) is 31.7. The molecular formula is C36H65NO12. The number of ketones is 1. The Morgan fingerprint density at radius 3 is 2.12 bits per heavy atom. The summed E-state index contributed by atoms with van der Waals surface area (Å²) >= 11 is 0. The monoisotopic (exact) mass is 703 g/mol. The van der Waals surface area contributed by atoms with Gasteiger partial charge in [-0.2, -0.15) is 0 Å². The number of cyclic esters (lactones) is 1. The summed E-state index contributed by atoms with van der Waals surface area (Å²) in [6, 6.07) is -0.291. The largest absolute Gasteiger partial charge is 0.462 e. The number of aliphatic hydroxyl groups excluding tert-OH is 3. The fraction of sp³-hybridized carbons (Fsp3) is 0.944. The summed E-state index contributed by atoms with van der Waals surface area (Å²) in [6.45, 7) is 15.7. The predicted octanol–water partition coefficient (Wildman–Crippen LogP) is 2.42. The minimum Gasteiger partial charge on any atom is -0.462 e. The van der Waals surface area contributed by atoms with Gasteiger partial charge in [0.15, 0.2) is 12.6 Å². The van der Waals surface area contributed by atoms with Gasteiger partial charge in [-0.25, -0.2) is 0 Å². The Labute approximate surface area is 292 Å². The van der Waals surface area contributed by atoms with Gasteiger partial charge in [0.25, 0.3) is 0 Å². The molecule has 3 saturated heterocycles. The summed E-state index contributed by atoms with van der Waals surface area (Å²) in [5.41, 5.74) is -2.71. The molecule has 3 fully saturated rings. The van der Waals surface area contributed by atoms with Crippen LogP contribution in [-0.2, 0) is 38.0 Å². The molecule has 3 heterocycles. The van der Waals surface area contributed by atoms with Crippen LogP contribution in [0.25, 0.3) is 0 Å². The van der Waals surface area contributed by atoms with Gasteiger partial charge in [0.05, 0.1) is 48.1 Å². The number of rotatable bonds is 7. The molecule has 0 spiro atoms. The van der Waals surface area contributed by atoms with Gasteiger partial charge in [0, 0.05) is 43.2 Å². The Balaban J connectivity index is 2.10. The maximum Gasteiger partial charge on any atom is 0.308 e. The fourth-order valence-corrected chi connectivity index (χ4v) is 8.05. The number of methoxy groups -OCH3 is 1. The van der Waals surface area contributed by atoms with Crippen LogP contribution in [0.2, 0.25) is 0 Å². The standard InChI is InChI=1S/C36H65NO12/c1-13-25-20(4)30(40)22(6)29(39)18(2)16-35(8,43)33(49-34-31(41)24(37(10)11)14-19(3)45-34)21(5)26(15-27(38)47-25)48-28-17-36(9,44-12)32(42)23(7)46-28/h18-26,28,30-34,40-43H,13-17H2,1-12H3/t18-,19?,20+,21+,22+,23?,24?,25-,26-,28?,30+,31?,32?,33-,34?,35-,36?/m1/s1. The van der Waals surface area contributed by atoms with Crippen LogP contribution in [0.5, 0.6) is 0 Å². The van der Waals surface area contributed by atoms with Crippen molar-refractivity contribution in [1.82, 2.24) is 4.90 Å². The minimum absolute atomic E-state index is 0.0406. The molecule has 286 valence electrons. The van der Waals surface area contributed by atoms with E-state index in [1.807, 2.05) is 32.8 Å². The van der Waals surface area contributed by atoms with E-state index in [1.54, 1.807) is 48.5 Å². The van der Waals surface area contributed by atoms with Crippen molar-refractivity contribution < 1.29 is 58.4 Å². The lowest BCUT2D eigenvalue weighted by Gasteiger charge is -2.48. The van der Waals surface area contributed by atoms with Crippen molar-refractivity contribution in [2.75, 3.05) is 21.2 Å². The van der Waals surface area contributed by atoms with Crippen molar-refractivity contribution in [1.29, 1.82) is 0 Å². The molecule has 49 heavy (non-hydrogen) atoms. The van der Waals surface area contributed by atoms with E-state index in [2.05, 4.69) is 0 Å². The second-order valence-corrected chi connectivity index (χ2v) is 15.7. The highest BCUT2D eigenvalue weighted by atomic mass is 16.7. The molecule has 0 radical (unpaired) electrons. The number of esters is 1. The van der Waals surface area contributed by atoms with Crippen molar-refractivity contribution in [3.8, 4) is 0 Å². The lowest BCUT2D eigenvalue weighted by molar-refractivity contribution is -0.314. The van der Waals surface area contributed by atoms with E-state index >= 15 is 0 Å². The molecule has 0 aromatic rings. The van der Waals surface area contributed by atoms with E-state index in [9.17, 15) is 30.0 Å². The Hall–Kier alpha value is -1.26. The van der Waals surface area contributed by atoms with Crippen LogP contribution in [0.3, 0.4) is 0 Å². The van der Waals surface area contributed by atoms with E-state index in [1.165, 1.54) is 7.11 Å². The van der Waals surface area contributed by atoms with Crippen molar-refractivity contribution in [2.45, 2.75) is 173 Å². The summed E-state index contributed by atoms with van der Waals surface area (Å²) in [7, 11) is 5.23. The molecule has 0 saturated carbocycles. The average Bonchev–Trinajstić information content (AvgIpc) is 3.03. The number of aliphatic hydroxyl groups is 4. The van der Waals surface area contributed by atoms with Crippen LogP contribution in [0.15, 0.2) is 0 Å². The Morgan fingerprint density at radius 1 is 0.918 bits per heavy atom. The molecule has 4 N–H and O–H groups in total. The molecule has 0 bridgehead atoms. The lowest BCUT2D eigenvalue weighted by atomic mass is 9.75. The zero-order chi connectivity index (χ0) is 37.2. The molecule has 3 aliphatic heterocycles. The van der Waals surface area contributed by atoms with E-state index in [0.29, 0.717) is 12.8 Å². The summed E-state index contributed by atoms with van der Waals surface area (Å²) in [5.74, 6) is -3.61. The Morgan fingerprint density at radius 2 is 1.55 bits per heavy atom. The summed E-state index contributed by atoms with van der Waals surface area (Å²) in [5, 5.41) is 45.8. The van der Waals surface area contributed by atoms with Gasteiger partial charge in [-0.15, -0.1) is 0 Å². The second kappa shape index (κ2) is 17.0. The van der Waals surface area contributed by atoms with Crippen LogP contribution >= 0.6 is 0 Å². The van der Waals surface area contributed by atoms with E-state index in [4.69, 9.17) is 28.4 Å². The fourth-order valence-electron chi connectivity index (χ4n) is 8.05. The third-order valence-electron chi connectivity index (χ3n) is 11.4. The number of hydrogen-bond acceptors (Lipinski definition) is 13. The molecule has 8 unspecified atom stereocenters. The van der Waals surface area contributed by atoms with Crippen LogP contribution in [0, 0.1) is 23.7 Å². The van der Waals surface area contributed by atoms with Crippen LogP contribution in [0.1, 0.15) is 94.4 Å². The maximum atomic E-state index is 13.7. The van der Waals surface area contributed by atoms with Gasteiger partial charge >= 0.3 is 5.97 Å². The summed E-state index contributed by atoms with van der Waals surface area (Å²) in [6.07, 6.45) is -8.02. The zero-order valence-corrected chi connectivity index (χ0v) is 31.7. The highest BCUT2D eigenvalue weighted by molar-refractivity contribution is 5.83. The first-order chi connectivity index (χ1) is 22.7. The number of nitrogens with zero attached hydrogens (tertiary/aromatic N) is 1. The molecule has 17 atom stereocenters. The number of carbonyl (C=O) groups is 2. The van der Waals surface area contributed by atoms with Crippen molar-refractivity contribution >= 4 is 11.8 Å². The van der Waals surface area contributed by atoms with Gasteiger partial charge < -0.3 is 53.7 Å². The first kappa shape index (κ1) is 42.2. The molecular weight excluding hydrogens is 638 g/mol. The van der Waals surface area contributed by atoms with Gasteiger partial charge in [-0.3, -0.25) is 9.59 Å². The molecule has 13 heteroatoms. The summed E-state index contributed by atoms with van der Waals surface area (Å²) in [4.78, 5) is 29.3. The molecule has 0 aliphatic carbocycles. The van der Waals surface area contributed by atoms with Crippen LogP contribution < -0.4 is 0 Å². The molecule has 0 aromatic heterocycles. The van der Waals surface area contributed by atoms with E-state index in [-0.39, 0.29) is 37.2 Å². The third-order valence-corrected chi connectivity index (χ3v) is 11.4. The van der Waals surface area contributed by atoms with Gasteiger partial charge in [0.1, 0.15) is 24.1 Å². The molecule has 13 nitrogen and oxygen atoms in total. The topological polar surface area (TPSA) is 174 Å². The lowest BCUT2D eigenvalue weighted by Crippen LogP contribution is -2.60. The van der Waals surface area contributed by atoms with Crippen LogP contribution in [0.4, 0.5) is 0 Å². The molecule has 3 aliphatic rings. The smallest absolute Gasteiger partial charge is 0.308 e. The second-order valence-electron chi connectivity index (χ2n) is 15.7. The number of likely N-dealkylation sites (N-methyl/N-ethyl adjacent to an activating group) is 1. The van der Waals surface area contributed by atoms with Gasteiger partial charge in [0.2, 0.25) is 0 Å². The number of carbonyl (C=O) groups excluding carboxylic acids is 2. The number of ether oxygens (including phenoxy) is 6. The number of hydrogen-bond donors (Lipinski definition) is 4. The third kappa shape index (κ3) is 9.79. The van der Waals surface area contributed by atoms with Gasteiger partial charge in [-0.05, 0) is 61.1 Å². The minimum atomic E-state index is -1.71. The first-order valence-electron chi connectivity index (χ1n) is 18.0. The molecule has 3 rings (SSSR count). The highest BCUT2D eigenvalue weighted by Crippen LogP contribution is 2.39. The van der Waals surface area contributed by atoms with Crippen molar-refractivity contribution in [2.24, 2.45) is 23.7 Å². The normalized spacial score (nSPS) is 48.2. The SMILES string of the molecule is CC[C@H]1OC(=O)C[C@@H](OC2CC(C)(OC)C(O)C(C)O2)[C@H](C)[C@@H](OC2OC(C)CC(N(C)C)C2O)[C@](C)(O)C[C@@H](C)C(=O)[C@H](C)[C@@H](O)[C@H]1C. The molecule has 0 aromatic carbocycles. The van der Waals surface area contributed by atoms with E-state index in [0.717, 1.165) is 0 Å². The average molecular weight is 704 g/mol. The van der Waals surface area contributed by atoms with E-state index < -0.39 is 96.2 Å². The Kier molecular flexibility index (Phi) is 14.7.